The van der Waals surface area contributed by atoms with E-state index in [0.717, 1.165) is 11.5 Å². The van der Waals surface area contributed by atoms with Gasteiger partial charge in [0.1, 0.15) is 0 Å². The second kappa shape index (κ2) is 5.17. The SMILES string of the molecule is CC(NC(C)c1cnn(C)c1)c1ccc2c(c1)OCO2. The van der Waals surface area contributed by atoms with Crippen molar-refractivity contribution in [2.75, 3.05) is 6.79 Å². The van der Waals surface area contributed by atoms with Crippen molar-refractivity contribution >= 4 is 0 Å². The van der Waals surface area contributed by atoms with Crippen molar-refractivity contribution in [2.45, 2.75) is 25.9 Å². The Morgan fingerprint density at radius 1 is 1.15 bits per heavy atom. The van der Waals surface area contributed by atoms with Crippen molar-refractivity contribution in [3.8, 4) is 11.5 Å². The van der Waals surface area contributed by atoms with Crippen LogP contribution in [0, 0.1) is 0 Å². The van der Waals surface area contributed by atoms with Gasteiger partial charge in [-0.05, 0) is 31.5 Å². The Labute approximate surface area is 118 Å². The fraction of sp³-hybridized carbons (Fsp3) is 0.400. The van der Waals surface area contributed by atoms with Crippen LogP contribution in [0.3, 0.4) is 0 Å². The van der Waals surface area contributed by atoms with Gasteiger partial charge in [0, 0.05) is 30.9 Å². The Morgan fingerprint density at radius 3 is 2.65 bits per heavy atom. The molecular weight excluding hydrogens is 254 g/mol. The number of nitrogens with one attached hydrogen (secondary N) is 1. The maximum atomic E-state index is 5.42. The first-order valence-corrected chi connectivity index (χ1v) is 6.77. The molecule has 2 heterocycles. The summed E-state index contributed by atoms with van der Waals surface area (Å²) in [4.78, 5) is 0. The van der Waals surface area contributed by atoms with E-state index in [9.17, 15) is 0 Å². The van der Waals surface area contributed by atoms with Gasteiger partial charge in [-0.15, -0.1) is 0 Å². The number of aromatic nitrogens is 2. The number of benzene rings is 1. The van der Waals surface area contributed by atoms with Gasteiger partial charge >= 0.3 is 0 Å². The van der Waals surface area contributed by atoms with E-state index in [0.29, 0.717) is 6.79 Å². The number of hydrogen-bond donors (Lipinski definition) is 1. The van der Waals surface area contributed by atoms with Gasteiger partial charge in [0.15, 0.2) is 11.5 Å². The summed E-state index contributed by atoms with van der Waals surface area (Å²) in [5.41, 5.74) is 2.37. The Kier molecular flexibility index (Phi) is 3.36. The molecule has 0 radical (unpaired) electrons. The van der Waals surface area contributed by atoms with Gasteiger partial charge in [0.05, 0.1) is 6.20 Å². The van der Waals surface area contributed by atoms with Crippen LogP contribution in [0.4, 0.5) is 0 Å². The molecule has 3 rings (SSSR count). The minimum Gasteiger partial charge on any atom is -0.454 e. The molecule has 0 saturated carbocycles. The molecule has 0 bridgehead atoms. The molecule has 2 aromatic rings. The van der Waals surface area contributed by atoms with E-state index in [1.807, 2.05) is 36.3 Å². The third-order valence-electron chi connectivity index (χ3n) is 3.62. The highest BCUT2D eigenvalue weighted by molar-refractivity contribution is 5.45. The minimum atomic E-state index is 0.222. The maximum Gasteiger partial charge on any atom is 0.231 e. The quantitative estimate of drug-likeness (QED) is 0.930. The van der Waals surface area contributed by atoms with Crippen LogP contribution in [0.15, 0.2) is 30.6 Å². The lowest BCUT2D eigenvalue weighted by molar-refractivity contribution is 0.174. The predicted octanol–water partition coefficient (Wildman–Crippen LogP) is 2.56. The molecule has 5 nitrogen and oxygen atoms in total. The summed E-state index contributed by atoms with van der Waals surface area (Å²) in [6, 6.07) is 6.53. The summed E-state index contributed by atoms with van der Waals surface area (Å²) in [6.07, 6.45) is 3.92. The number of rotatable bonds is 4. The van der Waals surface area contributed by atoms with Gasteiger partial charge in [-0.3, -0.25) is 4.68 Å². The molecule has 2 atom stereocenters. The molecule has 0 saturated heterocycles. The molecule has 5 heteroatoms. The van der Waals surface area contributed by atoms with Gasteiger partial charge < -0.3 is 14.8 Å². The summed E-state index contributed by atoms with van der Waals surface area (Å²) < 4.78 is 12.6. The first-order chi connectivity index (χ1) is 9.63. The van der Waals surface area contributed by atoms with Crippen molar-refractivity contribution in [1.82, 2.24) is 15.1 Å². The zero-order chi connectivity index (χ0) is 14.1. The first kappa shape index (κ1) is 13.0. The van der Waals surface area contributed by atoms with Gasteiger partial charge in [0.25, 0.3) is 0 Å². The lowest BCUT2D eigenvalue weighted by atomic mass is 10.1. The average molecular weight is 273 g/mol. The highest BCUT2D eigenvalue weighted by atomic mass is 16.7. The van der Waals surface area contributed by atoms with Gasteiger partial charge in [-0.1, -0.05) is 6.07 Å². The van der Waals surface area contributed by atoms with Crippen molar-refractivity contribution in [3.63, 3.8) is 0 Å². The Hall–Kier alpha value is -2.01. The molecule has 1 aromatic carbocycles. The van der Waals surface area contributed by atoms with Crippen LogP contribution in [0.25, 0.3) is 0 Å². The van der Waals surface area contributed by atoms with Crippen LogP contribution >= 0.6 is 0 Å². The van der Waals surface area contributed by atoms with E-state index in [1.165, 1.54) is 11.1 Å². The van der Waals surface area contributed by atoms with E-state index in [-0.39, 0.29) is 12.1 Å². The summed E-state index contributed by atoms with van der Waals surface area (Å²) in [6.45, 7) is 4.59. The van der Waals surface area contributed by atoms with E-state index in [4.69, 9.17) is 9.47 Å². The molecule has 2 unspecified atom stereocenters. The fourth-order valence-electron chi connectivity index (χ4n) is 2.41. The molecule has 20 heavy (non-hydrogen) atoms. The Morgan fingerprint density at radius 2 is 1.90 bits per heavy atom. The molecule has 1 aliphatic rings. The van der Waals surface area contributed by atoms with Gasteiger partial charge in [0.2, 0.25) is 6.79 Å². The van der Waals surface area contributed by atoms with E-state index in [2.05, 4.69) is 30.3 Å². The summed E-state index contributed by atoms with van der Waals surface area (Å²) in [5.74, 6) is 1.64. The Bertz CT molecular complexity index is 609. The number of nitrogens with zero attached hydrogens (tertiary/aromatic N) is 2. The van der Waals surface area contributed by atoms with Crippen LogP contribution < -0.4 is 14.8 Å². The van der Waals surface area contributed by atoms with Gasteiger partial charge in [-0.2, -0.15) is 5.10 Å². The molecule has 0 amide bonds. The standard InChI is InChI=1S/C15H19N3O2/c1-10(17-11(2)13-7-16-18(3)8-13)12-4-5-14-15(6-12)20-9-19-14/h4-8,10-11,17H,9H2,1-3H3. The monoisotopic (exact) mass is 273 g/mol. The maximum absolute atomic E-state index is 5.42. The van der Waals surface area contributed by atoms with Crippen molar-refractivity contribution in [1.29, 1.82) is 0 Å². The van der Waals surface area contributed by atoms with Crippen LogP contribution in [-0.2, 0) is 7.05 Å². The summed E-state index contributed by atoms with van der Waals surface area (Å²) in [5, 5.41) is 7.77. The molecule has 0 aliphatic carbocycles. The predicted molar refractivity (Wildman–Crippen MR) is 75.7 cm³/mol. The first-order valence-electron chi connectivity index (χ1n) is 6.77. The van der Waals surface area contributed by atoms with E-state index in [1.54, 1.807) is 0 Å². The van der Waals surface area contributed by atoms with Crippen LogP contribution in [0.5, 0.6) is 11.5 Å². The number of ether oxygens (including phenoxy) is 2. The van der Waals surface area contributed by atoms with Crippen molar-refractivity contribution < 1.29 is 9.47 Å². The van der Waals surface area contributed by atoms with Crippen molar-refractivity contribution in [2.24, 2.45) is 7.05 Å². The third kappa shape index (κ3) is 2.49. The average Bonchev–Trinajstić information content (AvgIpc) is 3.05. The van der Waals surface area contributed by atoms with Crippen molar-refractivity contribution in [3.05, 3.63) is 41.7 Å². The lowest BCUT2D eigenvalue weighted by Crippen LogP contribution is -2.22. The van der Waals surface area contributed by atoms with Gasteiger partial charge in [-0.25, -0.2) is 0 Å². The highest BCUT2D eigenvalue weighted by Gasteiger charge is 2.17. The molecule has 0 spiro atoms. The second-order valence-electron chi connectivity index (χ2n) is 5.17. The highest BCUT2D eigenvalue weighted by Crippen LogP contribution is 2.34. The number of hydrogen-bond acceptors (Lipinski definition) is 4. The molecule has 1 N–H and O–H groups in total. The molecule has 1 aromatic heterocycles. The van der Waals surface area contributed by atoms with E-state index < -0.39 is 0 Å². The summed E-state index contributed by atoms with van der Waals surface area (Å²) >= 11 is 0. The lowest BCUT2D eigenvalue weighted by Gasteiger charge is -2.19. The molecule has 1 aliphatic heterocycles. The second-order valence-corrected chi connectivity index (χ2v) is 5.17. The van der Waals surface area contributed by atoms with Crippen LogP contribution in [-0.4, -0.2) is 16.6 Å². The zero-order valence-electron chi connectivity index (χ0n) is 12.0. The van der Waals surface area contributed by atoms with Crippen LogP contribution in [0.1, 0.15) is 37.1 Å². The number of fused-ring (bicyclic) bond motifs is 1. The largest absolute Gasteiger partial charge is 0.454 e. The van der Waals surface area contributed by atoms with E-state index >= 15 is 0 Å². The summed E-state index contributed by atoms with van der Waals surface area (Å²) in [7, 11) is 1.93. The smallest absolute Gasteiger partial charge is 0.231 e. The van der Waals surface area contributed by atoms with Crippen LogP contribution in [0.2, 0.25) is 0 Å². The molecule has 106 valence electrons. The fourth-order valence-corrected chi connectivity index (χ4v) is 2.41. The molecule has 0 fully saturated rings. The topological polar surface area (TPSA) is 48.3 Å². The number of aryl methyl sites for hydroxylation is 1. The normalized spacial score (nSPS) is 16.1. The third-order valence-corrected chi connectivity index (χ3v) is 3.62. The zero-order valence-corrected chi connectivity index (χ0v) is 12.0. The Balaban J connectivity index is 1.71. The minimum absolute atomic E-state index is 0.222. The molecular formula is C15H19N3O2.